The molecule has 4 aromatic carbocycles. The fourth-order valence-electron chi connectivity index (χ4n) is 6.05. The van der Waals surface area contributed by atoms with Gasteiger partial charge in [-0.1, -0.05) is 36.5 Å². The zero-order valence-corrected chi connectivity index (χ0v) is 38.8. The number of hydrogen-bond acceptors (Lipinski definition) is 13. The van der Waals surface area contributed by atoms with E-state index in [4.69, 9.17) is 36.5 Å². The molecule has 342 valence electrons. The van der Waals surface area contributed by atoms with E-state index in [0.717, 1.165) is 37.4 Å². The topological polar surface area (TPSA) is 230 Å². The van der Waals surface area contributed by atoms with Gasteiger partial charge >= 0.3 is 17.9 Å². The quantitative estimate of drug-likeness (QED) is 0.0370. The SMILES string of the molecule is CCn1c(=NCC(C)(C)C(=O)OC)sc2cc(C(=O)Oc3ccc(C(=N)N)cc3F)ccc21.CCn1c(=NCC(C)(C)C(C)=O)sc2cc(C(=O)Oc3ccc(C(=N)N)cc3F)ccc21. The third-order valence-electron chi connectivity index (χ3n) is 10.3. The average Bonchev–Trinajstić information content (AvgIpc) is 3.82. The summed E-state index contributed by atoms with van der Waals surface area (Å²) in [5.41, 5.74) is 12.1. The van der Waals surface area contributed by atoms with Crippen LogP contribution in [0.25, 0.3) is 20.4 Å². The van der Waals surface area contributed by atoms with Crippen LogP contribution in [0.2, 0.25) is 0 Å². The van der Waals surface area contributed by atoms with Crippen molar-refractivity contribution >= 4 is 78.5 Å². The lowest BCUT2D eigenvalue weighted by molar-refractivity contribution is -0.150. The molecule has 0 radical (unpaired) electrons. The Labute approximate surface area is 381 Å². The summed E-state index contributed by atoms with van der Waals surface area (Å²) in [4.78, 5) is 59.7. The Hall–Kier alpha value is -6.86. The monoisotopic (exact) mass is 928 g/mol. The predicted molar refractivity (Wildman–Crippen MR) is 247 cm³/mol. The number of ketones is 1. The number of nitrogen functional groups attached to an aromatic ring is 2. The van der Waals surface area contributed by atoms with E-state index in [9.17, 15) is 28.0 Å². The van der Waals surface area contributed by atoms with Crippen molar-refractivity contribution in [2.24, 2.45) is 32.3 Å². The molecule has 19 heteroatoms. The van der Waals surface area contributed by atoms with Crippen LogP contribution in [0, 0.1) is 33.3 Å². The molecule has 0 atom stereocenters. The third kappa shape index (κ3) is 11.5. The van der Waals surface area contributed by atoms with Gasteiger partial charge in [-0.3, -0.25) is 30.4 Å². The number of Topliss-reactive ketones (excluding diaryl/α,β-unsaturated/α-hetero) is 1. The van der Waals surface area contributed by atoms with Gasteiger partial charge < -0.3 is 34.8 Å². The lowest BCUT2D eigenvalue weighted by atomic mass is 9.89. The Kier molecular flexibility index (Phi) is 15.4. The van der Waals surface area contributed by atoms with Gasteiger partial charge in [-0.2, -0.15) is 0 Å². The summed E-state index contributed by atoms with van der Waals surface area (Å²) in [5.74, 6) is -4.30. The molecule has 0 bridgehead atoms. The van der Waals surface area contributed by atoms with E-state index in [2.05, 4.69) is 9.98 Å². The molecule has 6 rings (SSSR count). The van der Waals surface area contributed by atoms with Gasteiger partial charge in [-0.15, -0.1) is 0 Å². The minimum atomic E-state index is -0.786. The molecule has 0 aliphatic heterocycles. The highest BCUT2D eigenvalue weighted by atomic mass is 32.1. The van der Waals surface area contributed by atoms with E-state index < -0.39 is 34.4 Å². The normalized spacial score (nSPS) is 12.2. The molecule has 6 N–H and O–H groups in total. The largest absolute Gasteiger partial charge is 0.469 e. The second-order valence-corrected chi connectivity index (χ2v) is 18.0. The van der Waals surface area contributed by atoms with Crippen LogP contribution in [0.1, 0.15) is 80.3 Å². The van der Waals surface area contributed by atoms with Gasteiger partial charge in [0.05, 0.1) is 57.2 Å². The summed E-state index contributed by atoms with van der Waals surface area (Å²) in [6.45, 7) is 14.7. The number of nitrogens with two attached hydrogens (primary N) is 2. The molecule has 0 saturated carbocycles. The number of nitrogens with one attached hydrogen (secondary N) is 2. The van der Waals surface area contributed by atoms with Crippen LogP contribution >= 0.6 is 22.7 Å². The number of thiazole rings is 2. The van der Waals surface area contributed by atoms with Gasteiger partial charge in [0.15, 0.2) is 32.7 Å². The predicted octanol–water partition coefficient (Wildman–Crippen LogP) is 7.35. The van der Waals surface area contributed by atoms with Gasteiger partial charge in [0.2, 0.25) is 0 Å². The molecular formula is C46H50F2N8O7S2. The lowest BCUT2D eigenvalue weighted by Gasteiger charge is -2.18. The summed E-state index contributed by atoms with van der Waals surface area (Å²) < 4.78 is 49.3. The number of methoxy groups -OCH3 is 1. The van der Waals surface area contributed by atoms with Crippen molar-refractivity contribution in [2.75, 3.05) is 20.2 Å². The number of halogens is 2. The van der Waals surface area contributed by atoms with E-state index >= 15 is 0 Å². The first-order chi connectivity index (χ1) is 30.6. The van der Waals surface area contributed by atoms with Crippen LogP contribution in [-0.4, -0.2) is 64.7 Å². The number of aryl methyl sites for hydroxylation is 2. The van der Waals surface area contributed by atoms with Gasteiger partial charge in [0.25, 0.3) is 0 Å². The summed E-state index contributed by atoms with van der Waals surface area (Å²) in [7, 11) is 1.35. The summed E-state index contributed by atoms with van der Waals surface area (Å²) in [5, 5.41) is 14.7. The standard InChI is InChI=1S/C23H25FN4O4S.C23H25FN4O3S/c1-5-28-16-8-6-14(20(29)32-17-9-7-13(19(25)26)10-15(17)24)11-18(16)33-22(28)27-12-23(2,3)21(30)31-4;1-5-28-17-8-6-15(11-19(17)32-22(28)27-12-23(3,4)13(2)29)21(30)31-18-9-7-14(20(25)26)10-16(18)24/h6-11H,5,12H2,1-4H3,(H3,25,26);6-11H,5,12H2,1-4H3,(H3,25,26). The van der Waals surface area contributed by atoms with Crippen LogP contribution in [0.3, 0.4) is 0 Å². The number of nitrogens with zero attached hydrogens (tertiary/aromatic N) is 4. The summed E-state index contributed by atoms with van der Waals surface area (Å²) >= 11 is 2.79. The third-order valence-corrected chi connectivity index (χ3v) is 12.4. The Balaban J connectivity index is 0.000000244. The minimum absolute atomic E-state index is 0.0685. The maximum absolute atomic E-state index is 14.2. The number of rotatable bonds is 14. The highest BCUT2D eigenvalue weighted by molar-refractivity contribution is 7.16. The number of aromatic nitrogens is 2. The molecule has 0 aliphatic carbocycles. The Morgan fingerprint density at radius 2 is 1.03 bits per heavy atom. The van der Waals surface area contributed by atoms with Crippen molar-refractivity contribution in [3.8, 4) is 11.5 Å². The van der Waals surface area contributed by atoms with Gasteiger partial charge in [-0.25, -0.2) is 18.4 Å². The van der Waals surface area contributed by atoms with Gasteiger partial charge in [-0.05, 0) is 107 Å². The van der Waals surface area contributed by atoms with E-state index in [1.807, 2.05) is 36.8 Å². The van der Waals surface area contributed by atoms with E-state index in [1.54, 1.807) is 57.2 Å². The summed E-state index contributed by atoms with van der Waals surface area (Å²) in [6.07, 6.45) is 0. The van der Waals surface area contributed by atoms with Crippen molar-refractivity contribution in [1.82, 2.24) is 9.13 Å². The first-order valence-electron chi connectivity index (χ1n) is 20.2. The molecule has 0 amide bonds. The molecule has 0 fully saturated rings. The van der Waals surface area contributed by atoms with E-state index in [1.165, 1.54) is 54.0 Å². The van der Waals surface area contributed by atoms with Crippen LogP contribution in [0.4, 0.5) is 8.78 Å². The molecule has 0 spiro atoms. The lowest BCUT2D eigenvalue weighted by Crippen LogP contribution is -2.30. The molecule has 65 heavy (non-hydrogen) atoms. The maximum Gasteiger partial charge on any atom is 0.343 e. The Morgan fingerprint density at radius 1 is 0.646 bits per heavy atom. The fraction of sp³-hybridized carbons (Fsp3) is 0.304. The fourth-order valence-corrected chi connectivity index (χ4v) is 8.32. The molecule has 2 aromatic heterocycles. The number of esters is 3. The zero-order valence-electron chi connectivity index (χ0n) is 37.1. The van der Waals surface area contributed by atoms with Crippen LogP contribution in [-0.2, 0) is 27.4 Å². The number of hydrogen-bond donors (Lipinski definition) is 4. The van der Waals surface area contributed by atoms with E-state index in [0.29, 0.717) is 24.4 Å². The molecular weight excluding hydrogens is 879 g/mol. The number of fused-ring (bicyclic) bond motifs is 2. The van der Waals surface area contributed by atoms with Crippen molar-refractivity contribution in [3.05, 3.63) is 116 Å². The molecule has 0 aliphatic rings. The van der Waals surface area contributed by atoms with Crippen molar-refractivity contribution in [3.63, 3.8) is 0 Å². The molecule has 6 aromatic rings. The van der Waals surface area contributed by atoms with Crippen LogP contribution in [0.5, 0.6) is 11.5 Å². The highest BCUT2D eigenvalue weighted by Gasteiger charge is 2.28. The average molecular weight is 929 g/mol. The zero-order chi connectivity index (χ0) is 48.0. The first-order valence-corrected chi connectivity index (χ1v) is 21.8. The summed E-state index contributed by atoms with van der Waals surface area (Å²) in [6, 6.07) is 17.6. The van der Waals surface area contributed by atoms with Crippen molar-refractivity contribution < 1.29 is 42.2 Å². The van der Waals surface area contributed by atoms with Gasteiger partial charge in [0.1, 0.15) is 17.5 Å². The highest BCUT2D eigenvalue weighted by Crippen LogP contribution is 2.26. The molecule has 0 unspecified atom stereocenters. The second-order valence-electron chi connectivity index (χ2n) is 16.0. The maximum atomic E-state index is 14.2. The first kappa shape index (κ1) is 49.2. The Bertz CT molecular complexity index is 3000. The number of amidine groups is 2. The van der Waals surface area contributed by atoms with Crippen LogP contribution in [0.15, 0.2) is 82.8 Å². The van der Waals surface area contributed by atoms with Crippen molar-refractivity contribution in [1.29, 1.82) is 10.8 Å². The molecule has 15 nitrogen and oxygen atoms in total. The number of ether oxygens (including phenoxy) is 3. The van der Waals surface area contributed by atoms with E-state index in [-0.39, 0.29) is 63.7 Å². The number of carbonyl (C=O) groups excluding carboxylic acids is 4. The van der Waals surface area contributed by atoms with Gasteiger partial charge in [0, 0.05) is 29.6 Å². The number of carbonyl (C=O) groups is 4. The minimum Gasteiger partial charge on any atom is -0.469 e. The van der Waals surface area contributed by atoms with Crippen molar-refractivity contribution in [2.45, 2.75) is 61.6 Å². The second kappa shape index (κ2) is 20.3. The number of benzene rings is 4. The van der Waals surface area contributed by atoms with Crippen LogP contribution < -0.4 is 30.5 Å². The smallest absolute Gasteiger partial charge is 0.343 e. The molecule has 0 saturated heterocycles. The molecule has 2 heterocycles. The Morgan fingerprint density at radius 3 is 1.37 bits per heavy atom.